The predicted octanol–water partition coefficient (Wildman–Crippen LogP) is 1.35. The molecule has 1 aromatic heterocycles. The minimum absolute atomic E-state index is 0.0582. The van der Waals surface area contributed by atoms with E-state index in [1.165, 1.54) is 4.57 Å². The van der Waals surface area contributed by atoms with Gasteiger partial charge in [-0.05, 0) is 12.1 Å². The lowest BCUT2D eigenvalue weighted by Gasteiger charge is -1.98. The molecule has 0 saturated carbocycles. The van der Waals surface area contributed by atoms with Crippen molar-refractivity contribution < 1.29 is 9.59 Å². The summed E-state index contributed by atoms with van der Waals surface area (Å²) in [5, 5.41) is 0. The van der Waals surface area contributed by atoms with Crippen LogP contribution in [0.2, 0.25) is 0 Å². The zero-order chi connectivity index (χ0) is 8.27. The summed E-state index contributed by atoms with van der Waals surface area (Å²) in [5.74, 6) is -0.0582. The highest BCUT2D eigenvalue weighted by Gasteiger charge is 2.04. The fraction of sp³-hybridized carbons (Fsp3) is 0.250. The molecule has 3 heteroatoms. The number of nitrogens with zero attached hydrogens (tertiary/aromatic N) is 1. The summed E-state index contributed by atoms with van der Waals surface area (Å²) in [6, 6.07) is 3.29. The van der Waals surface area contributed by atoms with Gasteiger partial charge in [0.25, 0.3) is 0 Å². The van der Waals surface area contributed by atoms with Gasteiger partial charge in [-0.1, -0.05) is 6.92 Å². The average Bonchev–Trinajstić information content (AvgIpc) is 2.50. The molecule has 0 unspecified atom stereocenters. The van der Waals surface area contributed by atoms with E-state index < -0.39 is 0 Å². The molecular formula is C8H9NO2. The van der Waals surface area contributed by atoms with Crippen LogP contribution in [0.15, 0.2) is 18.3 Å². The highest BCUT2D eigenvalue weighted by Crippen LogP contribution is 1.99. The first-order valence-electron chi connectivity index (χ1n) is 3.45. The van der Waals surface area contributed by atoms with Crippen molar-refractivity contribution in [3.8, 4) is 0 Å². The summed E-state index contributed by atoms with van der Waals surface area (Å²) >= 11 is 0. The summed E-state index contributed by atoms with van der Waals surface area (Å²) in [6.07, 6.45) is 2.68. The van der Waals surface area contributed by atoms with Crippen molar-refractivity contribution >= 4 is 12.2 Å². The number of hydrogen-bond acceptors (Lipinski definition) is 2. The Balaban J connectivity index is 3.01. The molecule has 3 nitrogen and oxygen atoms in total. The van der Waals surface area contributed by atoms with Crippen LogP contribution in [-0.4, -0.2) is 16.8 Å². The molecule has 0 atom stereocenters. The zero-order valence-corrected chi connectivity index (χ0v) is 6.28. The van der Waals surface area contributed by atoms with E-state index in [1.807, 2.05) is 0 Å². The smallest absolute Gasteiger partial charge is 0.230 e. The summed E-state index contributed by atoms with van der Waals surface area (Å²) < 4.78 is 1.35. The summed E-state index contributed by atoms with van der Waals surface area (Å²) in [7, 11) is 0. The fourth-order valence-corrected chi connectivity index (χ4v) is 0.888. The Kier molecular flexibility index (Phi) is 2.21. The van der Waals surface area contributed by atoms with E-state index in [0.717, 1.165) is 0 Å². The number of aromatic nitrogens is 1. The molecule has 0 saturated heterocycles. The van der Waals surface area contributed by atoms with Crippen LogP contribution in [-0.2, 0) is 0 Å². The minimum Gasteiger partial charge on any atom is -0.296 e. The highest BCUT2D eigenvalue weighted by molar-refractivity contribution is 5.86. The van der Waals surface area contributed by atoms with Crippen LogP contribution in [0.3, 0.4) is 0 Å². The van der Waals surface area contributed by atoms with Crippen molar-refractivity contribution in [1.82, 2.24) is 4.57 Å². The van der Waals surface area contributed by atoms with Crippen LogP contribution < -0.4 is 0 Å². The first-order valence-corrected chi connectivity index (χ1v) is 3.45. The molecule has 0 radical (unpaired) electrons. The van der Waals surface area contributed by atoms with Crippen molar-refractivity contribution in [1.29, 1.82) is 0 Å². The lowest BCUT2D eigenvalue weighted by Crippen LogP contribution is -2.10. The minimum atomic E-state index is -0.0582. The van der Waals surface area contributed by atoms with E-state index in [2.05, 4.69) is 0 Å². The van der Waals surface area contributed by atoms with Gasteiger partial charge in [0.2, 0.25) is 5.91 Å². The van der Waals surface area contributed by atoms with Gasteiger partial charge in [0, 0.05) is 12.6 Å². The number of aldehydes is 1. The van der Waals surface area contributed by atoms with Crippen molar-refractivity contribution in [2.24, 2.45) is 0 Å². The Hall–Kier alpha value is -1.38. The van der Waals surface area contributed by atoms with Crippen molar-refractivity contribution in [3.05, 3.63) is 24.0 Å². The standard InChI is InChI=1S/C8H9NO2/c1-2-8(11)9-5-3-4-7(9)6-10/h3-6H,2H2,1H3. The monoisotopic (exact) mass is 151 g/mol. The molecule has 0 bridgehead atoms. The topological polar surface area (TPSA) is 39.1 Å². The van der Waals surface area contributed by atoms with Gasteiger partial charge in [0.1, 0.15) is 0 Å². The third-order valence-electron chi connectivity index (χ3n) is 1.47. The largest absolute Gasteiger partial charge is 0.296 e. The molecule has 0 aromatic carbocycles. The maximum atomic E-state index is 11.1. The molecule has 0 aliphatic carbocycles. The molecule has 0 amide bonds. The van der Waals surface area contributed by atoms with Gasteiger partial charge in [-0.2, -0.15) is 0 Å². The first-order chi connectivity index (χ1) is 5.29. The molecule has 1 heterocycles. The number of hydrogen-bond donors (Lipinski definition) is 0. The molecule has 58 valence electrons. The molecule has 11 heavy (non-hydrogen) atoms. The van der Waals surface area contributed by atoms with Gasteiger partial charge in [0.05, 0.1) is 5.69 Å². The molecule has 1 aromatic rings. The lowest BCUT2D eigenvalue weighted by molar-refractivity contribution is 0.0898. The van der Waals surface area contributed by atoms with Crippen LogP contribution in [0.1, 0.15) is 28.6 Å². The second kappa shape index (κ2) is 3.14. The third kappa shape index (κ3) is 1.37. The van der Waals surface area contributed by atoms with Crippen LogP contribution >= 0.6 is 0 Å². The van der Waals surface area contributed by atoms with Crippen LogP contribution in [0.5, 0.6) is 0 Å². The van der Waals surface area contributed by atoms with E-state index in [0.29, 0.717) is 18.4 Å². The Morgan fingerprint density at radius 1 is 1.73 bits per heavy atom. The van der Waals surface area contributed by atoms with Gasteiger partial charge in [-0.25, -0.2) is 0 Å². The van der Waals surface area contributed by atoms with Crippen molar-refractivity contribution in [2.75, 3.05) is 0 Å². The van der Waals surface area contributed by atoms with E-state index in [9.17, 15) is 9.59 Å². The second-order valence-electron chi connectivity index (χ2n) is 2.17. The zero-order valence-electron chi connectivity index (χ0n) is 6.28. The lowest BCUT2D eigenvalue weighted by atomic mass is 10.4. The van der Waals surface area contributed by atoms with Crippen molar-refractivity contribution in [3.63, 3.8) is 0 Å². The number of carbonyl (C=O) groups is 2. The Morgan fingerprint density at radius 2 is 2.45 bits per heavy atom. The van der Waals surface area contributed by atoms with E-state index >= 15 is 0 Å². The summed E-state index contributed by atoms with van der Waals surface area (Å²) in [4.78, 5) is 21.4. The second-order valence-corrected chi connectivity index (χ2v) is 2.17. The normalized spacial score (nSPS) is 9.55. The fourth-order valence-electron chi connectivity index (χ4n) is 0.888. The van der Waals surface area contributed by atoms with Crippen LogP contribution in [0.25, 0.3) is 0 Å². The van der Waals surface area contributed by atoms with E-state index in [1.54, 1.807) is 25.3 Å². The van der Waals surface area contributed by atoms with E-state index in [-0.39, 0.29) is 5.91 Å². The highest BCUT2D eigenvalue weighted by atomic mass is 16.2. The molecule has 1 rings (SSSR count). The Morgan fingerprint density at radius 3 is 3.00 bits per heavy atom. The van der Waals surface area contributed by atoms with E-state index in [4.69, 9.17) is 0 Å². The predicted molar refractivity (Wildman–Crippen MR) is 40.7 cm³/mol. The molecule has 0 N–H and O–H groups in total. The molecule has 0 aliphatic heterocycles. The maximum Gasteiger partial charge on any atom is 0.230 e. The van der Waals surface area contributed by atoms with Gasteiger partial charge in [0.15, 0.2) is 6.29 Å². The first kappa shape index (κ1) is 7.72. The quantitative estimate of drug-likeness (QED) is 0.598. The summed E-state index contributed by atoms with van der Waals surface area (Å²) in [6.45, 7) is 1.76. The maximum absolute atomic E-state index is 11.1. The number of carbonyl (C=O) groups excluding carboxylic acids is 2. The molecule has 0 fully saturated rings. The van der Waals surface area contributed by atoms with Gasteiger partial charge in [-0.3, -0.25) is 14.2 Å². The Bertz CT molecular complexity index is 275. The Labute approximate surface area is 64.6 Å². The molecule has 0 spiro atoms. The van der Waals surface area contributed by atoms with Crippen LogP contribution in [0.4, 0.5) is 0 Å². The molecule has 0 aliphatic rings. The summed E-state index contributed by atoms with van der Waals surface area (Å²) in [5.41, 5.74) is 0.414. The van der Waals surface area contributed by atoms with Gasteiger partial charge < -0.3 is 0 Å². The molecular weight excluding hydrogens is 142 g/mol. The third-order valence-corrected chi connectivity index (χ3v) is 1.47. The van der Waals surface area contributed by atoms with Crippen molar-refractivity contribution in [2.45, 2.75) is 13.3 Å². The van der Waals surface area contributed by atoms with Gasteiger partial charge >= 0.3 is 0 Å². The SMILES string of the molecule is CCC(=O)n1cccc1C=O. The number of rotatable bonds is 2. The van der Waals surface area contributed by atoms with Gasteiger partial charge in [-0.15, -0.1) is 0 Å². The average molecular weight is 151 g/mol. The van der Waals surface area contributed by atoms with Crippen LogP contribution in [0, 0.1) is 0 Å².